The third-order valence-corrected chi connectivity index (χ3v) is 4.79. The number of halogens is 4. The van der Waals surface area contributed by atoms with E-state index in [0.29, 0.717) is 27.2 Å². The Morgan fingerprint density at radius 3 is 2.60 bits per heavy atom. The van der Waals surface area contributed by atoms with Crippen molar-refractivity contribution in [1.82, 2.24) is 0 Å². The lowest BCUT2D eigenvalue weighted by molar-refractivity contribution is -0.167. The Morgan fingerprint density at radius 2 is 1.88 bits per heavy atom. The molecule has 132 valence electrons. The van der Waals surface area contributed by atoms with Crippen LogP contribution in [-0.4, -0.2) is 18.9 Å². The van der Waals surface area contributed by atoms with Crippen LogP contribution in [0.2, 0.25) is 5.02 Å². The van der Waals surface area contributed by atoms with Crippen LogP contribution in [-0.2, 0) is 10.5 Å². The summed E-state index contributed by atoms with van der Waals surface area (Å²) in [5, 5.41) is 2.35. The molecule has 0 saturated carbocycles. The van der Waals surface area contributed by atoms with Crippen LogP contribution in [0.15, 0.2) is 41.3 Å². The first kappa shape index (κ1) is 17.8. The number of thioether (sulfide) groups is 1. The summed E-state index contributed by atoms with van der Waals surface area (Å²) >= 11 is 7.44. The van der Waals surface area contributed by atoms with Crippen LogP contribution in [0, 0.1) is 0 Å². The summed E-state index contributed by atoms with van der Waals surface area (Å²) < 4.78 is 47.8. The maximum atomic E-state index is 12.4. The zero-order valence-electron chi connectivity index (χ0n) is 12.5. The summed E-state index contributed by atoms with van der Waals surface area (Å²) in [5.74, 6) is -0.508. The first-order valence-corrected chi connectivity index (χ1v) is 8.39. The molecule has 0 saturated heterocycles. The lowest BCUT2D eigenvalue weighted by Crippen LogP contribution is -2.30. The predicted molar refractivity (Wildman–Crippen MR) is 88.3 cm³/mol. The Balaban J connectivity index is 1.75. The van der Waals surface area contributed by atoms with E-state index in [2.05, 4.69) is 0 Å². The van der Waals surface area contributed by atoms with Crippen LogP contribution in [0.5, 0.6) is 11.5 Å². The predicted octanol–water partition coefficient (Wildman–Crippen LogP) is 4.86. The Kier molecular flexibility index (Phi) is 5.01. The second-order valence-corrected chi connectivity index (χ2v) is 6.46. The lowest BCUT2D eigenvalue weighted by Gasteiger charge is -2.12. The summed E-state index contributed by atoms with van der Waals surface area (Å²) in [5.41, 5.74) is 0.833. The normalized spacial score (nSPS) is 13.0. The van der Waals surface area contributed by atoms with Crippen molar-refractivity contribution >= 4 is 35.0 Å². The quantitative estimate of drug-likeness (QED) is 0.758. The second kappa shape index (κ2) is 7.05. The van der Waals surface area contributed by atoms with E-state index >= 15 is 0 Å². The smallest absolute Gasteiger partial charge is 0.454 e. The molecule has 0 spiro atoms. The Hall–Kier alpha value is -2.06. The van der Waals surface area contributed by atoms with E-state index in [1.54, 1.807) is 30.3 Å². The minimum Gasteiger partial charge on any atom is -0.454 e. The molecule has 3 rings (SSSR count). The molecular formula is C16H11ClF3NO3S. The standard InChI is InChI=1S/C16H11ClF3NO3S/c17-10-6-13-12(23-8-24-13)5-9(10)7-25-14-4-2-1-3-11(14)21-15(22)16(18,19)20/h1-6H,7-8H2,(H,21,22). The molecule has 0 fully saturated rings. The van der Waals surface area contributed by atoms with Gasteiger partial charge in [0.1, 0.15) is 0 Å². The van der Waals surface area contributed by atoms with Crippen LogP contribution in [0.1, 0.15) is 5.56 Å². The molecule has 1 heterocycles. The first-order valence-electron chi connectivity index (χ1n) is 7.02. The molecule has 0 aromatic heterocycles. The number of benzene rings is 2. The number of hydrogen-bond donors (Lipinski definition) is 1. The molecule has 0 atom stereocenters. The monoisotopic (exact) mass is 389 g/mol. The van der Waals surface area contributed by atoms with Gasteiger partial charge in [-0.2, -0.15) is 13.2 Å². The second-order valence-electron chi connectivity index (χ2n) is 5.03. The highest BCUT2D eigenvalue weighted by Crippen LogP contribution is 2.39. The van der Waals surface area contributed by atoms with Crippen molar-refractivity contribution in [3.8, 4) is 11.5 Å². The van der Waals surface area contributed by atoms with Crippen molar-refractivity contribution in [2.75, 3.05) is 12.1 Å². The molecule has 9 heteroatoms. The van der Waals surface area contributed by atoms with Crippen molar-refractivity contribution in [3.63, 3.8) is 0 Å². The van der Waals surface area contributed by atoms with Gasteiger partial charge in [-0.05, 0) is 23.8 Å². The van der Waals surface area contributed by atoms with Gasteiger partial charge in [-0.3, -0.25) is 4.79 Å². The molecule has 1 amide bonds. The summed E-state index contributed by atoms with van der Waals surface area (Å²) in [6, 6.07) is 9.62. The Bertz CT molecular complexity index is 814. The number of carbonyl (C=O) groups excluding carboxylic acids is 1. The van der Waals surface area contributed by atoms with Crippen molar-refractivity contribution in [3.05, 3.63) is 47.0 Å². The van der Waals surface area contributed by atoms with E-state index in [0.717, 1.165) is 5.56 Å². The number of nitrogens with one attached hydrogen (secondary N) is 1. The van der Waals surface area contributed by atoms with E-state index < -0.39 is 12.1 Å². The third kappa shape index (κ3) is 4.13. The van der Waals surface area contributed by atoms with E-state index in [4.69, 9.17) is 21.1 Å². The number of rotatable bonds is 4. The molecule has 0 bridgehead atoms. The number of ether oxygens (including phenoxy) is 2. The van der Waals surface area contributed by atoms with Crippen LogP contribution in [0.25, 0.3) is 0 Å². The molecule has 2 aromatic rings. The van der Waals surface area contributed by atoms with Gasteiger partial charge in [0.25, 0.3) is 0 Å². The van der Waals surface area contributed by atoms with Gasteiger partial charge in [0.2, 0.25) is 6.79 Å². The third-order valence-electron chi connectivity index (χ3n) is 3.32. The van der Waals surface area contributed by atoms with Crippen molar-refractivity contribution in [2.24, 2.45) is 0 Å². The molecule has 0 unspecified atom stereocenters. The number of hydrogen-bond acceptors (Lipinski definition) is 4. The number of carbonyl (C=O) groups is 1. The fraction of sp³-hybridized carbons (Fsp3) is 0.188. The van der Waals surface area contributed by atoms with Crippen LogP contribution < -0.4 is 14.8 Å². The van der Waals surface area contributed by atoms with Gasteiger partial charge in [-0.15, -0.1) is 11.8 Å². The van der Waals surface area contributed by atoms with Gasteiger partial charge in [0.15, 0.2) is 11.5 Å². The molecular weight excluding hydrogens is 379 g/mol. The zero-order valence-corrected chi connectivity index (χ0v) is 14.1. The Labute approximate surface area is 150 Å². The van der Waals surface area contributed by atoms with Gasteiger partial charge < -0.3 is 14.8 Å². The largest absolute Gasteiger partial charge is 0.471 e. The highest BCUT2D eigenvalue weighted by Gasteiger charge is 2.38. The molecule has 4 nitrogen and oxygen atoms in total. The zero-order chi connectivity index (χ0) is 18.0. The topological polar surface area (TPSA) is 47.6 Å². The van der Waals surface area contributed by atoms with Crippen molar-refractivity contribution in [1.29, 1.82) is 0 Å². The first-order chi connectivity index (χ1) is 11.8. The summed E-state index contributed by atoms with van der Waals surface area (Å²) in [6.07, 6.45) is -4.95. The van der Waals surface area contributed by atoms with E-state index in [-0.39, 0.29) is 12.5 Å². The molecule has 25 heavy (non-hydrogen) atoms. The van der Waals surface area contributed by atoms with Crippen molar-refractivity contribution in [2.45, 2.75) is 16.8 Å². The average molecular weight is 390 g/mol. The lowest BCUT2D eigenvalue weighted by atomic mass is 10.2. The maximum absolute atomic E-state index is 12.4. The van der Waals surface area contributed by atoms with E-state index in [9.17, 15) is 18.0 Å². The number of alkyl halides is 3. The van der Waals surface area contributed by atoms with E-state index in [1.807, 2.05) is 5.32 Å². The van der Waals surface area contributed by atoms with E-state index in [1.165, 1.54) is 17.8 Å². The fourth-order valence-corrected chi connectivity index (χ4v) is 3.41. The maximum Gasteiger partial charge on any atom is 0.471 e. The summed E-state index contributed by atoms with van der Waals surface area (Å²) in [4.78, 5) is 11.6. The van der Waals surface area contributed by atoms with Crippen LogP contribution in [0.3, 0.4) is 0 Å². The van der Waals surface area contributed by atoms with Gasteiger partial charge in [0.05, 0.1) is 5.69 Å². The van der Waals surface area contributed by atoms with Gasteiger partial charge in [-0.1, -0.05) is 23.7 Å². The van der Waals surface area contributed by atoms with Gasteiger partial charge >= 0.3 is 12.1 Å². The van der Waals surface area contributed by atoms with Crippen LogP contribution >= 0.6 is 23.4 Å². The molecule has 2 aromatic carbocycles. The number of para-hydroxylation sites is 1. The SMILES string of the molecule is O=C(Nc1ccccc1SCc1cc2c(cc1Cl)OCO2)C(F)(F)F. The molecule has 0 aliphatic carbocycles. The highest BCUT2D eigenvalue weighted by molar-refractivity contribution is 7.98. The molecule has 0 radical (unpaired) electrons. The summed E-state index contributed by atoms with van der Waals surface area (Å²) in [7, 11) is 0. The summed E-state index contributed by atoms with van der Waals surface area (Å²) in [6.45, 7) is 0.120. The Morgan fingerprint density at radius 1 is 1.20 bits per heavy atom. The van der Waals surface area contributed by atoms with Gasteiger partial charge in [0, 0.05) is 21.7 Å². The number of amides is 1. The highest BCUT2D eigenvalue weighted by atomic mass is 35.5. The van der Waals surface area contributed by atoms with Gasteiger partial charge in [-0.25, -0.2) is 0 Å². The van der Waals surface area contributed by atoms with Crippen molar-refractivity contribution < 1.29 is 27.4 Å². The van der Waals surface area contributed by atoms with Crippen LogP contribution in [0.4, 0.5) is 18.9 Å². The molecule has 1 aliphatic heterocycles. The molecule has 1 aliphatic rings. The average Bonchev–Trinajstić information content (AvgIpc) is 3.00. The fourth-order valence-electron chi connectivity index (χ4n) is 2.11. The number of anilines is 1. The minimum absolute atomic E-state index is 0.0895. The number of fused-ring (bicyclic) bond motifs is 1. The molecule has 1 N–H and O–H groups in total. The minimum atomic E-state index is -4.95.